The van der Waals surface area contributed by atoms with E-state index in [1.165, 1.54) is 0 Å². The monoisotopic (exact) mass is 263 g/mol. The maximum Gasteiger partial charge on any atom is 0.198 e. The Morgan fingerprint density at radius 1 is 1.27 bits per heavy atom. The van der Waals surface area contributed by atoms with Gasteiger partial charge in [-0.1, -0.05) is 0 Å². The molecule has 0 atom stereocenters. The van der Waals surface area contributed by atoms with Crippen LogP contribution in [0.5, 0.6) is 0 Å². The van der Waals surface area contributed by atoms with Crippen LogP contribution in [0.15, 0.2) is 45.7 Å². The minimum atomic E-state index is 0.697. The number of hydrogen-bond acceptors (Lipinski definition) is 3. The summed E-state index contributed by atoms with van der Waals surface area (Å²) in [6.07, 6.45) is 3.33. The average molecular weight is 264 g/mol. The van der Waals surface area contributed by atoms with Gasteiger partial charge in [0.1, 0.15) is 10.1 Å². The van der Waals surface area contributed by atoms with Crippen molar-refractivity contribution in [3.63, 3.8) is 0 Å². The van der Waals surface area contributed by atoms with E-state index in [2.05, 4.69) is 26.0 Å². The summed E-state index contributed by atoms with van der Waals surface area (Å²) in [6.45, 7) is 0. The third-order valence-corrected chi connectivity index (χ3v) is 2.69. The van der Waals surface area contributed by atoms with E-state index in [1.807, 2.05) is 24.3 Å². The van der Waals surface area contributed by atoms with Gasteiger partial charge in [0.05, 0.1) is 6.26 Å². The van der Waals surface area contributed by atoms with E-state index in [-0.39, 0.29) is 0 Å². The fraction of sp³-hybridized carbons (Fsp3) is 0. The van der Waals surface area contributed by atoms with Crippen molar-refractivity contribution in [1.82, 2.24) is 14.6 Å². The fourth-order valence-electron chi connectivity index (χ4n) is 1.46. The molecule has 0 radical (unpaired) electrons. The lowest BCUT2D eigenvalue weighted by molar-refractivity contribution is 0.575. The van der Waals surface area contributed by atoms with Crippen LogP contribution in [-0.4, -0.2) is 14.6 Å². The van der Waals surface area contributed by atoms with E-state index in [4.69, 9.17) is 4.42 Å². The Kier molecular flexibility index (Phi) is 1.85. The van der Waals surface area contributed by atoms with E-state index >= 15 is 0 Å². The van der Waals surface area contributed by atoms with Gasteiger partial charge in [-0.2, -0.15) is 5.10 Å². The topological polar surface area (TPSA) is 43.3 Å². The lowest BCUT2D eigenvalue weighted by Gasteiger charge is -1.94. The first-order valence-electron chi connectivity index (χ1n) is 4.39. The van der Waals surface area contributed by atoms with Crippen LogP contribution in [-0.2, 0) is 0 Å². The third-order valence-electron chi connectivity index (χ3n) is 2.11. The highest BCUT2D eigenvalue weighted by Gasteiger charge is 2.12. The largest absolute Gasteiger partial charge is 0.461 e. The Morgan fingerprint density at radius 2 is 2.20 bits per heavy atom. The van der Waals surface area contributed by atoms with Crippen molar-refractivity contribution in [3.05, 3.63) is 41.3 Å². The zero-order valence-electron chi connectivity index (χ0n) is 7.59. The Bertz CT molecular complexity index is 600. The summed E-state index contributed by atoms with van der Waals surface area (Å²) >= 11 is 3.39. The SMILES string of the molecule is Brc1nc(-c2ccco2)n2ncccc12. The first-order valence-corrected chi connectivity index (χ1v) is 5.19. The molecular weight excluding hydrogens is 258 g/mol. The quantitative estimate of drug-likeness (QED) is 0.678. The summed E-state index contributed by atoms with van der Waals surface area (Å²) in [5.41, 5.74) is 0.920. The molecule has 74 valence electrons. The van der Waals surface area contributed by atoms with Gasteiger partial charge in [-0.05, 0) is 40.2 Å². The highest BCUT2D eigenvalue weighted by Crippen LogP contribution is 2.24. The fourth-order valence-corrected chi connectivity index (χ4v) is 1.93. The molecule has 0 fully saturated rings. The second kappa shape index (κ2) is 3.20. The summed E-state index contributed by atoms with van der Waals surface area (Å²) in [7, 11) is 0. The molecule has 0 aliphatic rings. The molecule has 0 saturated heterocycles. The van der Waals surface area contributed by atoms with Crippen LogP contribution in [0.2, 0.25) is 0 Å². The predicted molar refractivity (Wildman–Crippen MR) is 58.4 cm³/mol. The lowest BCUT2D eigenvalue weighted by Crippen LogP contribution is -1.91. The Labute approximate surface area is 93.7 Å². The summed E-state index contributed by atoms with van der Waals surface area (Å²) in [5.74, 6) is 1.40. The van der Waals surface area contributed by atoms with E-state index < -0.39 is 0 Å². The van der Waals surface area contributed by atoms with Crippen LogP contribution in [0, 0.1) is 0 Å². The smallest absolute Gasteiger partial charge is 0.198 e. The number of imidazole rings is 1. The molecule has 4 nitrogen and oxygen atoms in total. The molecule has 0 N–H and O–H groups in total. The number of rotatable bonds is 1. The molecule has 3 aromatic rings. The molecule has 5 heteroatoms. The second-order valence-corrected chi connectivity index (χ2v) is 3.78. The van der Waals surface area contributed by atoms with Gasteiger partial charge in [0.2, 0.25) is 0 Å². The molecule has 3 rings (SSSR count). The van der Waals surface area contributed by atoms with Gasteiger partial charge in [0.25, 0.3) is 0 Å². The van der Waals surface area contributed by atoms with Crippen molar-refractivity contribution in [2.24, 2.45) is 0 Å². The van der Waals surface area contributed by atoms with E-state index in [9.17, 15) is 0 Å². The standard InChI is InChI=1S/C10H6BrN3O/c11-9-7-3-1-5-12-14(7)10(13-9)8-4-2-6-15-8/h1-6H. The number of halogens is 1. The molecule has 0 aromatic carbocycles. The Balaban J connectivity index is 2.37. The second-order valence-electron chi connectivity index (χ2n) is 3.02. The van der Waals surface area contributed by atoms with Crippen molar-refractivity contribution in [2.45, 2.75) is 0 Å². The van der Waals surface area contributed by atoms with Gasteiger partial charge >= 0.3 is 0 Å². The molecule has 0 bridgehead atoms. The molecule has 0 aliphatic carbocycles. The van der Waals surface area contributed by atoms with Gasteiger partial charge in [-0.25, -0.2) is 9.50 Å². The zero-order chi connectivity index (χ0) is 10.3. The van der Waals surface area contributed by atoms with Crippen molar-refractivity contribution >= 4 is 21.4 Å². The molecule has 15 heavy (non-hydrogen) atoms. The van der Waals surface area contributed by atoms with Crippen LogP contribution in [0.25, 0.3) is 17.1 Å². The van der Waals surface area contributed by atoms with Crippen molar-refractivity contribution < 1.29 is 4.42 Å². The van der Waals surface area contributed by atoms with Crippen LogP contribution in [0.3, 0.4) is 0 Å². The van der Waals surface area contributed by atoms with Crippen molar-refractivity contribution in [2.75, 3.05) is 0 Å². The first kappa shape index (κ1) is 8.67. The van der Waals surface area contributed by atoms with Crippen LogP contribution in [0.1, 0.15) is 0 Å². The first-order chi connectivity index (χ1) is 7.36. The summed E-state index contributed by atoms with van der Waals surface area (Å²) < 4.78 is 7.80. The minimum absolute atomic E-state index is 0.697. The van der Waals surface area contributed by atoms with E-state index in [1.54, 1.807) is 17.0 Å². The van der Waals surface area contributed by atoms with Gasteiger partial charge in [0.15, 0.2) is 11.6 Å². The zero-order valence-corrected chi connectivity index (χ0v) is 9.18. The van der Waals surface area contributed by atoms with Gasteiger partial charge < -0.3 is 4.42 Å². The summed E-state index contributed by atoms with van der Waals surface area (Å²) in [4.78, 5) is 4.36. The minimum Gasteiger partial charge on any atom is -0.461 e. The van der Waals surface area contributed by atoms with Crippen molar-refractivity contribution in [1.29, 1.82) is 0 Å². The molecule has 3 heterocycles. The van der Waals surface area contributed by atoms with E-state index in [0.29, 0.717) is 11.6 Å². The molecule has 0 amide bonds. The summed E-state index contributed by atoms with van der Waals surface area (Å²) in [5, 5.41) is 4.22. The lowest BCUT2D eigenvalue weighted by atomic mass is 10.4. The number of aromatic nitrogens is 3. The van der Waals surface area contributed by atoms with E-state index in [0.717, 1.165) is 10.1 Å². The average Bonchev–Trinajstić information content (AvgIpc) is 2.87. The summed E-state index contributed by atoms with van der Waals surface area (Å²) in [6, 6.07) is 7.49. The van der Waals surface area contributed by atoms with Gasteiger partial charge in [0, 0.05) is 6.20 Å². The number of nitrogens with zero attached hydrogens (tertiary/aromatic N) is 3. The number of fused-ring (bicyclic) bond motifs is 1. The predicted octanol–water partition coefficient (Wildman–Crippen LogP) is 2.75. The highest BCUT2D eigenvalue weighted by molar-refractivity contribution is 9.10. The molecule has 0 aliphatic heterocycles. The Morgan fingerprint density at radius 3 is 3.00 bits per heavy atom. The highest BCUT2D eigenvalue weighted by atomic mass is 79.9. The van der Waals surface area contributed by atoms with Gasteiger partial charge in [-0.3, -0.25) is 0 Å². The normalized spacial score (nSPS) is 11.0. The molecule has 3 aromatic heterocycles. The maximum absolute atomic E-state index is 5.30. The van der Waals surface area contributed by atoms with Crippen LogP contribution < -0.4 is 0 Å². The van der Waals surface area contributed by atoms with Crippen LogP contribution in [0.4, 0.5) is 0 Å². The Hall–Kier alpha value is -1.62. The van der Waals surface area contributed by atoms with Gasteiger partial charge in [-0.15, -0.1) is 0 Å². The molecule has 0 spiro atoms. The molecular formula is C10H6BrN3O. The molecule has 0 unspecified atom stereocenters. The van der Waals surface area contributed by atoms with Crippen molar-refractivity contribution in [3.8, 4) is 11.6 Å². The number of hydrogen-bond donors (Lipinski definition) is 0. The third kappa shape index (κ3) is 1.27. The number of furan rings is 1. The van der Waals surface area contributed by atoms with Crippen LogP contribution >= 0.6 is 15.9 Å². The molecule has 0 saturated carbocycles. The maximum atomic E-state index is 5.30.